The quantitative estimate of drug-likeness (QED) is 0.625. The highest BCUT2D eigenvalue weighted by Crippen LogP contribution is 2.55. The van der Waals surface area contributed by atoms with E-state index in [1.165, 1.54) is 12.1 Å². The van der Waals surface area contributed by atoms with Crippen molar-refractivity contribution in [2.24, 2.45) is 0 Å². The monoisotopic (exact) mass is 448 g/mol. The van der Waals surface area contributed by atoms with Crippen LogP contribution in [0.5, 0.6) is 0 Å². The summed E-state index contributed by atoms with van der Waals surface area (Å²) in [6.45, 7) is 4.88. The zero-order chi connectivity index (χ0) is 23.2. The van der Waals surface area contributed by atoms with E-state index in [1.807, 2.05) is 37.4 Å². The maximum Gasteiger partial charge on any atom is 0.415 e. The van der Waals surface area contributed by atoms with Crippen LogP contribution in [0.15, 0.2) is 66.4 Å². The summed E-state index contributed by atoms with van der Waals surface area (Å²) in [6, 6.07) is 14.2. The molecule has 0 unspecified atom stereocenters. The predicted molar refractivity (Wildman–Crippen MR) is 122 cm³/mol. The summed E-state index contributed by atoms with van der Waals surface area (Å²) in [6.07, 6.45) is 3.64. The molecule has 0 radical (unpaired) electrons. The zero-order valence-electron chi connectivity index (χ0n) is 18.6. The van der Waals surface area contributed by atoms with Crippen LogP contribution >= 0.6 is 0 Å². The molecule has 1 saturated heterocycles. The Bertz CT molecular complexity index is 1170. The first kappa shape index (κ1) is 21.2. The molecule has 0 saturated carbocycles. The van der Waals surface area contributed by atoms with Crippen LogP contribution in [-0.4, -0.2) is 42.4 Å². The fourth-order valence-corrected chi connectivity index (χ4v) is 5.11. The largest absolute Gasteiger partial charge is 0.449 e. The van der Waals surface area contributed by atoms with E-state index >= 15 is 0 Å². The summed E-state index contributed by atoms with van der Waals surface area (Å²) >= 11 is 0. The number of cyclic esters (lactones) is 1. The number of nitrogens with zero attached hydrogens (tertiary/aromatic N) is 2. The Balaban J connectivity index is 1.68. The van der Waals surface area contributed by atoms with Gasteiger partial charge in [0, 0.05) is 17.7 Å². The Morgan fingerprint density at radius 3 is 2.70 bits per heavy atom. The lowest BCUT2D eigenvalue weighted by Gasteiger charge is -2.41. The number of hydrogen-bond donors (Lipinski definition) is 0. The molecular weight excluding hydrogens is 423 g/mol. The van der Waals surface area contributed by atoms with Gasteiger partial charge < -0.3 is 9.47 Å². The lowest BCUT2D eigenvalue weighted by molar-refractivity contribution is 0.155. The topological polar surface area (TPSA) is 59.1 Å². The smallest absolute Gasteiger partial charge is 0.415 e. The molecule has 0 N–H and O–H groups in total. The SMILES string of the molecule is CCOC(=O)N1c2ccccc2C2=C[C@@H](c3ccc(F)cc3)/C(=C/N3CCOC3=O)C[C@]21C. The van der Waals surface area contributed by atoms with Crippen molar-refractivity contribution in [3.8, 4) is 0 Å². The first-order chi connectivity index (χ1) is 15.9. The Morgan fingerprint density at radius 1 is 1.24 bits per heavy atom. The zero-order valence-corrected chi connectivity index (χ0v) is 18.6. The molecule has 2 heterocycles. The van der Waals surface area contributed by atoms with Gasteiger partial charge in [-0.1, -0.05) is 36.4 Å². The number of halogens is 1. The number of hydrogen-bond acceptors (Lipinski definition) is 4. The summed E-state index contributed by atoms with van der Waals surface area (Å²) in [5.41, 5.74) is 3.94. The number of carbonyl (C=O) groups excluding carboxylic acids is 2. The van der Waals surface area contributed by atoms with Gasteiger partial charge >= 0.3 is 12.2 Å². The minimum absolute atomic E-state index is 0.183. The fourth-order valence-electron chi connectivity index (χ4n) is 5.11. The Kier molecular flexibility index (Phi) is 5.19. The summed E-state index contributed by atoms with van der Waals surface area (Å²) in [4.78, 5) is 28.6. The number of rotatable bonds is 3. The van der Waals surface area contributed by atoms with Crippen LogP contribution in [0.3, 0.4) is 0 Å². The molecule has 2 aromatic rings. The second-order valence-corrected chi connectivity index (χ2v) is 8.62. The Morgan fingerprint density at radius 2 is 2.00 bits per heavy atom. The van der Waals surface area contributed by atoms with Crippen molar-refractivity contribution in [1.82, 2.24) is 4.90 Å². The van der Waals surface area contributed by atoms with Crippen LogP contribution in [0.4, 0.5) is 19.7 Å². The van der Waals surface area contributed by atoms with Gasteiger partial charge in [-0.2, -0.15) is 0 Å². The molecule has 0 bridgehead atoms. The van der Waals surface area contributed by atoms with Crippen molar-refractivity contribution in [2.45, 2.75) is 31.7 Å². The van der Waals surface area contributed by atoms with Gasteiger partial charge in [-0.25, -0.2) is 14.0 Å². The van der Waals surface area contributed by atoms with Gasteiger partial charge in [0.1, 0.15) is 12.4 Å². The minimum atomic E-state index is -0.693. The van der Waals surface area contributed by atoms with E-state index in [0.717, 1.165) is 28.0 Å². The number of allylic oxidation sites excluding steroid dienone is 1. The first-order valence-electron chi connectivity index (χ1n) is 11.1. The molecule has 1 aliphatic carbocycles. The van der Waals surface area contributed by atoms with Crippen molar-refractivity contribution >= 4 is 23.4 Å². The number of carbonyl (C=O) groups is 2. The van der Waals surface area contributed by atoms with E-state index in [0.29, 0.717) is 19.6 Å². The molecule has 170 valence electrons. The number of amides is 2. The van der Waals surface area contributed by atoms with E-state index < -0.39 is 17.7 Å². The lowest BCUT2D eigenvalue weighted by Crippen LogP contribution is -2.49. The van der Waals surface area contributed by atoms with Gasteiger partial charge in [0.05, 0.1) is 24.4 Å². The van der Waals surface area contributed by atoms with E-state index in [2.05, 4.69) is 6.08 Å². The third-order valence-corrected chi connectivity index (χ3v) is 6.58. The lowest BCUT2D eigenvalue weighted by atomic mass is 9.72. The molecule has 6 nitrogen and oxygen atoms in total. The normalized spacial score (nSPS) is 24.9. The molecule has 0 spiro atoms. The van der Waals surface area contributed by atoms with E-state index in [9.17, 15) is 14.0 Å². The Hall–Kier alpha value is -3.61. The second-order valence-electron chi connectivity index (χ2n) is 8.62. The average molecular weight is 448 g/mol. The summed E-state index contributed by atoms with van der Waals surface area (Å²) in [7, 11) is 0. The molecule has 5 rings (SSSR count). The number of fused-ring (bicyclic) bond motifs is 3. The summed E-state index contributed by atoms with van der Waals surface area (Å²) in [5, 5.41) is 0. The van der Waals surface area contributed by atoms with Gasteiger partial charge in [-0.05, 0) is 55.2 Å². The first-order valence-corrected chi connectivity index (χ1v) is 11.1. The Labute approximate surface area is 191 Å². The van der Waals surface area contributed by atoms with Gasteiger partial charge in [0.25, 0.3) is 0 Å². The molecule has 33 heavy (non-hydrogen) atoms. The molecule has 7 heteroatoms. The third-order valence-electron chi connectivity index (χ3n) is 6.58. The number of anilines is 1. The van der Waals surface area contributed by atoms with Gasteiger partial charge in [-0.15, -0.1) is 0 Å². The number of ether oxygens (including phenoxy) is 2. The minimum Gasteiger partial charge on any atom is -0.449 e. The highest BCUT2D eigenvalue weighted by Gasteiger charge is 2.51. The number of para-hydroxylation sites is 1. The van der Waals surface area contributed by atoms with Crippen LogP contribution in [-0.2, 0) is 9.47 Å². The standard InChI is InChI=1S/C26H25FN2O4/c1-3-32-25(31)29-23-7-5-4-6-20(23)22-14-21(17-8-10-19(27)11-9-17)18(15-26(22,29)2)16-28-12-13-33-24(28)30/h4-11,14,16,21H,3,12-13,15H2,1-2H3/b18-16+/t21-,26+/m0/s1. The van der Waals surface area contributed by atoms with Crippen molar-refractivity contribution in [1.29, 1.82) is 0 Å². The van der Waals surface area contributed by atoms with Gasteiger partial charge in [0.15, 0.2) is 0 Å². The molecule has 3 aliphatic rings. The molecule has 2 amide bonds. The van der Waals surface area contributed by atoms with Crippen LogP contribution in [0, 0.1) is 5.82 Å². The average Bonchev–Trinajstić information content (AvgIpc) is 3.31. The summed E-state index contributed by atoms with van der Waals surface area (Å²) in [5.74, 6) is -0.488. The maximum atomic E-state index is 13.7. The highest BCUT2D eigenvalue weighted by molar-refractivity contribution is 6.04. The maximum absolute atomic E-state index is 13.7. The molecule has 1 fully saturated rings. The van der Waals surface area contributed by atoms with E-state index in [-0.39, 0.29) is 18.3 Å². The molecular formula is C26H25FN2O4. The van der Waals surface area contributed by atoms with Crippen LogP contribution in [0.1, 0.15) is 37.3 Å². The van der Waals surface area contributed by atoms with Crippen LogP contribution < -0.4 is 4.90 Å². The van der Waals surface area contributed by atoms with Crippen molar-refractivity contribution in [3.05, 3.63) is 83.3 Å². The van der Waals surface area contributed by atoms with E-state index in [4.69, 9.17) is 9.47 Å². The molecule has 2 aromatic carbocycles. The fraction of sp³-hybridized carbons (Fsp3) is 0.308. The third kappa shape index (κ3) is 3.48. The van der Waals surface area contributed by atoms with Gasteiger partial charge in [0.2, 0.25) is 0 Å². The van der Waals surface area contributed by atoms with Crippen LogP contribution in [0.2, 0.25) is 0 Å². The molecule has 0 aromatic heterocycles. The van der Waals surface area contributed by atoms with Crippen LogP contribution in [0.25, 0.3) is 5.57 Å². The van der Waals surface area contributed by atoms with Crippen molar-refractivity contribution in [2.75, 3.05) is 24.7 Å². The van der Waals surface area contributed by atoms with Crippen molar-refractivity contribution < 1.29 is 23.5 Å². The van der Waals surface area contributed by atoms with Crippen molar-refractivity contribution in [3.63, 3.8) is 0 Å². The number of benzene rings is 2. The highest BCUT2D eigenvalue weighted by atomic mass is 19.1. The molecule has 2 aliphatic heterocycles. The summed E-state index contributed by atoms with van der Waals surface area (Å²) < 4.78 is 24.2. The van der Waals surface area contributed by atoms with Gasteiger partial charge in [-0.3, -0.25) is 9.80 Å². The molecule has 2 atom stereocenters. The predicted octanol–water partition coefficient (Wildman–Crippen LogP) is 5.47. The van der Waals surface area contributed by atoms with E-state index in [1.54, 1.807) is 28.9 Å². The second kappa shape index (κ2) is 8.06.